The second-order valence-electron chi connectivity index (χ2n) is 7.05. The number of nitrogens with one attached hydrogen (secondary N) is 1. The molecule has 1 heterocycles. The Morgan fingerprint density at radius 3 is 2.48 bits per heavy atom. The molecule has 31 heavy (non-hydrogen) atoms. The zero-order valence-electron chi connectivity index (χ0n) is 16.7. The molecule has 2 atom stereocenters. The molecule has 2 aromatic carbocycles. The summed E-state index contributed by atoms with van der Waals surface area (Å²) in [5, 5.41) is 2.42. The molecule has 7 nitrogen and oxygen atoms in total. The summed E-state index contributed by atoms with van der Waals surface area (Å²) in [6.45, 7) is 0.768. The minimum absolute atomic E-state index is 0.0100. The summed E-state index contributed by atoms with van der Waals surface area (Å²) in [7, 11) is -3.99. The molecule has 0 bridgehead atoms. The van der Waals surface area contributed by atoms with Crippen LogP contribution >= 0.6 is 11.6 Å². The van der Waals surface area contributed by atoms with Gasteiger partial charge in [0.05, 0.1) is 22.9 Å². The second-order valence-corrected chi connectivity index (χ2v) is 9.37. The predicted octanol–water partition coefficient (Wildman–Crippen LogP) is 3.99. The Morgan fingerprint density at radius 2 is 1.84 bits per heavy atom. The number of carbonyl (C=O) groups excluding carboxylic acids is 1. The van der Waals surface area contributed by atoms with E-state index in [4.69, 9.17) is 16.3 Å². The number of benzene rings is 2. The molecule has 3 rings (SSSR count). The van der Waals surface area contributed by atoms with Crippen LogP contribution in [-0.4, -0.2) is 50.5 Å². The average Bonchev–Trinajstić information content (AvgIpc) is 2.68. The number of carbonyl (C=O) groups is 1. The molecule has 0 saturated carbocycles. The van der Waals surface area contributed by atoms with Crippen LogP contribution in [0.5, 0.6) is 5.75 Å². The van der Waals surface area contributed by atoms with Crippen LogP contribution in [0.25, 0.3) is 0 Å². The fourth-order valence-electron chi connectivity index (χ4n) is 3.27. The highest BCUT2D eigenvalue weighted by atomic mass is 35.5. The zero-order chi connectivity index (χ0) is 22.8. The Morgan fingerprint density at radius 1 is 1.19 bits per heavy atom. The number of amides is 1. The van der Waals surface area contributed by atoms with Crippen molar-refractivity contribution in [1.82, 2.24) is 4.31 Å². The van der Waals surface area contributed by atoms with Gasteiger partial charge in [-0.25, -0.2) is 8.42 Å². The smallest absolute Gasteiger partial charge is 0.387 e. The summed E-state index contributed by atoms with van der Waals surface area (Å²) in [6, 6.07) is 9.49. The number of anilines is 1. The molecule has 0 aliphatic carbocycles. The van der Waals surface area contributed by atoms with E-state index in [-0.39, 0.29) is 52.2 Å². The number of para-hydroxylation sites is 2. The van der Waals surface area contributed by atoms with Gasteiger partial charge in [-0.2, -0.15) is 13.1 Å². The van der Waals surface area contributed by atoms with E-state index in [1.807, 2.05) is 0 Å². The molecule has 1 aliphatic heterocycles. The lowest BCUT2D eigenvalue weighted by atomic mass is 10.2. The lowest BCUT2D eigenvalue weighted by Crippen LogP contribution is -2.48. The van der Waals surface area contributed by atoms with E-state index >= 15 is 0 Å². The normalized spacial score (nSPS) is 19.9. The first-order valence-electron chi connectivity index (χ1n) is 9.38. The number of alkyl halides is 2. The minimum atomic E-state index is -3.99. The third-order valence-electron chi connectivity index (χ3n) is 4.55. The Labute approximate surface area is 183 Å². The van der Waals surface area contributed by atoms with Crippen LogP contribution in [0, 0.1) is 0 Å². The van der Waals surface area contributed by atoms with Crippen LogP contribution in [0.4, 0.5) is 14.5 Å². The number of halogens is 3. The van der Waals surface area contributed by atoms with Crippen LogP contribution in [0.15, 0.2) is 47.4 Å². The standard InChI is InChI=1S/C20H21ClF2N2O5S/c1-12-10-25(11-13(2)29-12)31(27,28)18-9-14(7-8-15(18)21)19(26)24-16-5-3-4-6-17(16)30-20(22)23/h3-9,12-13,20H,10-11H2,1-2H3,(H,24,26)/t12-,13-/m1/s1. The summed E-state index contributed by atoms with van der Waals surface area (Å²) in [4.78, 5) is 12.5. The molecule has 1 fully saturated rings. The van der Waals surface area contributed by atoms with Crippen molar-refractivity contribution < 1.29 is 31.5 Å². The molecular weight excluding hydrogens is 454 g/mol. The molecule has 0 spiro atoms. The van der Waals surface area contributed by atoms with Gasteiger partial charge in [0.15, 0.2) is 0 Å². The van der Waals surface area contributed by atoms with Gasteiger partial charge in [-0.05, 0) is 44.2 Å². The summed E-state index contributed by atoms with van der Waals surface area (Å²) >= 11 is 6.15. The van der Waals surface area contributed by atoms with Gasteiger partial charge < -0.3 is 14.8 Å². The van der Waals surface area contributed by atoms with Gasteiger partial charge in [0, 0.05) is 18.7 Å². The Kier molecular flexibility index (Phi) is 7.15. The SMILES string of the molecule is C[C@@H]1CN(S(=O)(=O)c2cc(C(=O)Nc3ccccc3OC(F)F)ccc2Cl)C[C@@H](C)O1. The lowest BCUT2D eigenvalue weighted by molar-refractivity contribution is -0.0493. The highest BCUT2D eigenvalue weighted by Gasteiger charge is 2.34. The first-order chi connectivity index (χ1) is 14.6. The number of morpholine rings is 1. The van der Waals surface area contributed by atoms with E-state index in [1.165, 1.54) is 40.7 Å². The van der Waals surface area contributed by atoms with Gasteiger partial charge in [-0.3, -0.25) is 4.79 Å². The molecule has 0 unspecified atom stereocenters. The van der Waals surface area contributed by atoms with E-state index in [0.717, 1.165) is 6.07 Å². The van der Waals surface area contributed by atoms with Crippen molar-refractivity contribution in [3.63, 3.8) is 0 Å². The van der Waals surface area contributed by atoms with Crippen molar-refractivity contribution in [3.8, 4) is 5.75 Å². The maximum absolute atomic E-state index is 13.2. The average molecular weight is 475 g/mol. The number of ether oxygens (including phenoxy) is 2. The van der Waals surface area contributed by atoms with E-state index in [0.29, 0.717) is 0 Å². The maximum atomic E-state index is 13.2. The molecule has 0 aromatic heterocycles. The third-order valence-corrected chi connectivity index (χ3v) is 6.86. The summed E-state index contributed by atoms with van der Waals surface area (Å²) < 4.78 is 62.7. The molecule has 1 saturated heterocycles. The Hall–Kier alpha value is -2.27. The summed E-state index contributed by atoms with van der Waals surface area (Å²) in [5.41, 5.74) is 0.00664. The number of hydrogen-bond donors (Lipinski definition) is 1. The summed E-state index contributed by atoms with van der Waals surface area (Å²) in [6.07, 6.45) is -0.592. The number of rotatable bonds is 6. The zero-order valence-corrected chi connectivity index (χ0v) is 18.3. The summed E-state index contributed by atoms with van der Waals surface area (Å²) in [5.74, 6) is -0.925. The van der Waals surface area contributed by atoms with Gasteiger partial charge in [0.1, 0.15) is 10.6 Å². The Balaban J connectivity index is 1.88. The number of nitrogens with zero attached hydrogens (tertiary/aromatic N) is 1. The highest BCUT2D eigenvalue weighted by Crippen LogP contribution is 2.30. The van der Waals surface area contributed by atoms with E-state index in [9.17, 15) is 22.0 Å². The van der Waals surface area contributed by atoms with Crippen LogP contribution in [0.2, 0.25) is 5.02 Å². The van der Waals surface area contributed by atoms with Crippen molar-refractivity contribution >= 4 is 33.2 Å². The van der Waals surface area contributed by atoms with Gasteiger partial charge in [0.25, 0.3) is 5.91 Å². The van der Waals surface area contributed by atoms with Crippen molar-refractivity contribution in [2.75, 3.05) is 18.4 Å². The van der Waals surface area contributed by atoms with Gasteiger partial charge in [0.2, 0.25) is 10.0 Å². The molecule has 1 aliphatic rings. The quantitative estimate of drug-likeness (QED) is 0.684. The molecule has 1 amide bonds. The van der Waals surface area contributed by atoms with Crippen LogP contribution in [0.3, 0.4) is 0 Å². The largest absolute Gasteiger partial charge is 0.433 e. The Bertz CT molecular complexity index is 1060. The molecule has 11 heteroatoms. The van der Waals surface area contributed by atoms with Gasteiger partial charge in [-0.1, -0.05) is 23.7 Å². The fourth-order valence-corrected chi connectivity index (χ4v) is 5.36. The fraction of sp³-hybridized carbons (Fsp3) is 0.350. The molecule has 0 radical (unpaired) electrons. The highest BCUT2D eigenvalue weighted by molar-refractivity contribution is 7.89. The van der Waals surface area contributed by atoms with E-state index in [2.05, 4.69) is 10.1 Å². The number of hydrogen-bond acceptors (Lipinski definition) is 5. The van der Waals surface area contributed by atoms with E-state index < -0.39 is 22.5 Å². The van der Waals surface area contributed by atoms with Crippen LogP contribution in [0.1, 0.15) is 24.2 Å². The second kappa shape index (κ2) is 9.47. The molecular formula is C20H21ClF2N2O5S. The van der Waals surface area contributed by atoms with Crippen molar-refractivity contribution in [3.05, 3.63) is 53.1 Å². The first-order valence-corrected chi connectivity index (χ1v) is 11.2. The van der Waals surface area contributed by atoms with Crippen molar-refractivity contribution in [1.29, 1.82) is 0 Å². The molecule has 1 N–H and O–H groups in total. The van der Waals surface area contributed by atoms with Gasteiger partial charge >= 0.3 is 6.61 Å². The molecule has 168 valence electrons. The lowest BCUT2D eigenvalue weighted by Gasteiger charge is -2.34. The van der Waals surface area contributed by atoms with Crippen LogP contribution < -0.4 is 10.1 Å². The minimum Gasteiger partial charge on any atom is -0.433 e. The maximum Gasteiger partial charge on any atom is 0.387 e. The topological polar surface area (TPSA) is 84.9 Å². The van der Waals surface area contributed by atoms with E-state index in [1.54, 1.807) is 13.8 Å². The third kappa shape index (κ3) is 5.51. The van der Waals surface area contributed by atoms with Gasteiger partial charge in [-0.15, -0.1) is 0 Å². The van der Waals surface area contributed by atoms with Crippen LogP contribution in [-0.2, 0) is 14.8 Å². The monoisotopic (exact) mass is 474 g/mol. The van der Waals surface area contributed by atoms with Crippen molar-refractivity contribution in [2.24, 2.45) is 0 Å². The number of sulfonamides is 1. The predicted molar refractivity (Wildman–Crippen MR) is 111 cm³/mol. The van der Waals surface area contributed by atoms with Crippen molar-refractivity contribution in [2.45, 2.75) is 37.6 Å². The molecule has 2 aromatic rings. The first kappa shape index (κ1) is 23.4.